The smallest absolute Gasteiger partial charge is 0.246 e. The number of amides is 1. The fourth-order valence-corrected chi connectivity index (χ4v) is 5.09. The zero-order chi connectivity index (χ0) is 20.1. The Morgan fingerprint density at radius 2 is 1.96 bits per heavy atom. The molecule has 28 heavy (non-hydrogen) atoms. The summed E-state index contributed by atoms with van der Waals surface area (Å²) in [4.78, 5) is 12.0. The van der Waals surface area contributed by atoms with Gasteiger partial charge in [-0.3, -0.25) is 10.0 Å². The molecule has 0 unspecified atom stereocenters. The van der Waals surface area contributed by atoms with Gasteiger partial charge >= 0.3 is 0 Å². The largest absolute Gasteiger partial charge is 0.457 e. The van der Waals surface area contributed by atoms with E-state index < -0.39 is 27.6 Å². The zero-order valence-electron chi connectivity index (χ0n) is 15.6. The van der Waals surface area contributed by atoms with Gasteiger partial charge < -0.3 is 10.1 Å². The van der Waals surface area contributed by atoms with Crippen molar-refractivity contribution in [3.63, 3.8) is 0 Å². The molecule has 3 N–H and O–H groups in total. The van der Waals surface area contributed by atoms with Crippen molar-refractivity contribution in [1.29, 1.82) is 0 Å². The first-order chi connectivity index (χ1) is 13.4. The molecule has 0 aliphatic carbocycles. The minimum absolute atomic E-state index is 0.170. The topological polar surface area (TPSA) is 105 Å². The number of carbonyl (C=O) groups excluding carboxylic acids is 1. The van der Waals surface area contributed by atoms with Gasteiger partial charge in [-0.1, -0.05) is 12.1 Å². The highest BCUT2D eigenvalue weighted by molar-refractivity contribution is 7.91. The van der Waals surface area contributed by atoms with Gasteiger partial charge in [-0.25, -0.2) is 13.9 Å². The number of piperidine rings is 1. The Labute approximate surface area is 164 Å². The zero-order valence-corrected chi connectivity index (χ0v) is 16.4. The van der Waals surface area contributed by atoms with Crippen molar-refractivity contribution < 1.29 is 23.2 Å². The van der Waals surface area contributed by atoms with E-state index in [0.717, 1.165) is 5.56 Å². The number of ether oxygens (including phenoxy) is 1. The number of hydrogen-bond donors (Lipinski definition) is 3. The molecule has 2 atom stereocenters. The Kier molecular flexibility index (Phi) is 6.33. The predicted octanol–water partition coefficient (Wildman–Crippen LogP) is 2.29. The summed E-state index contributed by atoms with van der Waals surface area (Å²) in [6.07, 6.45) is 0.482. The third kappa shape index (κ3) is 4.89. The van der Waals surface area contributed by atoms with E-state index in [0.29, 0.717) is 31.0 Å². The summed E-state index contributed by atoms with van der Waals surface area (Å²) in [5.74, 6) is -0.429. The molecule has 2 aromatic rings. The first kappa shape index (κ1) is 20.3. The van der Waals surface area contributed by atoms with Crippen LogP contribution in [-0.4, -0.2) is 38.4 Å². The number of benzene rings is 2. The molecule has 150 valence electrons. The SMILES string of the molecule is Cc1cccc(Oc2ccc(S(=O)(=O)C[C@@H]3CNCC[C@@H]3C(=O)NO)cc2)c1. The first-order valence-electron chi connectivity index (χ1n) is 9.11. The van der Waals surface area contributed by atoms with Gasteiger partial charge in [0.15, 0.2) is 9.84 Å². The lowest BCUT2D eigenvalue weighted by Gasteiger charge is -2.30. The summed E-state index contributed by atoms with van der Waals surface area (Å²) < 4.78 is 31.4. The number of hydrogen-bond acceptors (Lipinski definition) is 6. The second kappa shape index (κ2) is 8.72. The molecule has 0 radical (unpaired) electrons. The lowest BCUT2D eigenvalue weighted by molar-refractivity contribution is -0.135. The van der Waals surface area contributed by atoms with Crippen LogP contribution >= 0.6 is 0 Å². The van der Waals surface area contributed by atoms with Gasteiger partial charge in [-0.05, 0) is 74.3 Å². The van der Waals surface area contributed by atoms with Crippen LogP contribution in [-0.2, 0) is 14.6 Å². The van der Waals surface area contributed by atoms with E-state index in [4.69, 9.17) is 9.94 Å². The number of aryl methyl sites for hydroxylation is 1. The standard InChI is InChI=1S/C20H24N2O5S/c1-14-3-2-4-17(11-14)27-16-5-7-18(8-6-16)28(25,26)13-15-12-21-10-9-19(15)20(23)22-24/h2-8,11,15,19,21,24H,9-10,12-13H2,1H3,(H,22,23)/t15-,19-/m0/s1. The van der Waals surface area contributed by atoms with E-state index >= 15 is 0 Å². The Hall–Kier alpha value is -2.42. The van der Waals surface area contributed by atoms with Gasteiger partial charge in [0.25, 0.3) is 0 Å². The third-order valence-electron chi connectivity index (χ3n) is 4.90. The average molecular weight is 404 g/mol. The monoisotopic (exact) mass is 404 g/mol. The van der Waals surface area contributed by atoms with Crippen molar-refractivity contribution >= 4 is 15.7 Å². The van der Waals surface area contributed by atoms with E-state index in [1.165, 1.54) is 12.1 Å². The van der Waals surface area contributed by atoms with Crippen LogP contribution in [0.4, 0.5) is 0 Å². The fraction of sp³-hybridized carbons (Fsp3) is 0.350. The number of sulfone groups is 1. The highest BCUT2D eigenvalue weighted by atomic mass is 32.2. The number of carbonyl (C=O) groups is 1. The molecule has 1 amide bonds. The Morgan fingerprint density at radius 1 is 1.21 bits per heavy atom. The van der Waals surface area contributed by atoms with Crippen LogP contribution < -0.4 is 15.5 Å². The number of nitrogens with one attached hydrogen (secondary N) is 2. The van der Waals surface area contributed by atoms with Crippen molar-refractivity contribution in [1.82, 2.24) is 10.8 Å². The van der Waals surface area contributed by atoms with E-state index in [9.17, 15) is 13.2 Å². The Morgan fingerprint density at radius 3 is 2.64 bits per heavy atom. The van der Waals surface area contributed by atoms with Crippen LogP contribution in [0.2, 0.25) is 0 Å². The fourth-order valence-electron chi connectivity index (χ4n) is 3.43. The van der Waals surface area contributed by atoms with Crippen LogP contribution in [0.3, 0.4) is 0 Å². The lowest BCUT2D eigenvalue weighted by Crippen LogP contribution is -2.46. The van der Waals surface area contributed by atoms with Gasteiger partial charge in [0.1, 0.15) is 11.5 Å². The molecule has 1 fully saturated rings. The summed E-state index contributed by atoms with van der Waals surface area (Å²) in [5, 5.41) is 12.0. The molecular formula is C20H24N2O5S. The molecule has 1 saturated heterocycles. The highest BCUT2D eigenvalue weighted by Gasteiger charge is 2.34. The summed E-state index contributed by atoms with van der Waals surface area (Å²) in [6.45, 7) is 2.98. The van der Waals surface area contributed by atoms with Gasteiger partial charge in [-0.15, -0.1) is 0 Å². The van der Waals surface area contributed by atoms with E-state index in [1.807, 2.05) is 31.2 Å². The minimum Gasteiger partial charge on any atom is -0.457 e. The van der Waals surface area contributed by atoms with E-state index in [1.54, 1.807) is 17.6 Å². The lowest BCUT2D eigenvalue weighted by atomic mass is 9.87. The molecule has 0 aromatic heterocycles. The Bertz CT molecular complexity index is 928. The quantitative estimate of drug-likeness (QED) is 0.504. The van der Waals surface area contributed by atoms with Crippen molar-refractivity contribution in [3.05, 3.63) is 54.1 Å². The van der Waals surface area contributed by atoms with Crippen LogP contribution in [0.25, 0.3) is 0 Å². The van der Waals surface area contributed by atoms with Crippen molar-refractivity contribution in [2.45, 2.75) is 18.2 Å². The number of rotatable bonds is 6. The van der Waals surface area contributed by atoms with Crippen molar-refractivity contribution in [2.75, 3.05) is 18.8 Å². The van der Waals surface area contributed by atoms with Crippen molar-refractivity contribution in [3.8, 4) is 11.5 Å². The predicted molar refractivity (Wildman–Crippen MR) is 104 cm³/mol. The first-order valence-corrected chi connectivity index (χ1v) is 10.8. The molecule has 2 aromatic carbocycles. The highest BCUT2D eigenvalue weighted by Crippen LogP contribution is 2.27. The summed E-state index contributed by atoms with van der Waals surface area (Å²) in [6, 6.07) is 13.8. The summed E-state index contributed by atoms with van der Waals surface area (Å²) >= 11 is 0. The molecule has 8 heteroatoms. The molecule has 1 heterocycles. The Balaban J connectivity index is 1.72. The van der Waals surface area contributed by atoms with Crippen LogP contribution in [0, 0.1) is 18.8 Å². The van der Waals surface area contributed by atoms with Crippen LogP contribution in [0.5, 0.6) is 11.5 Å². The minimum atomic E-state index is -3.59. The second-order valence-corrected chi connectivity index (χ2v) is 9.04. The average Bonchev–Trinajstić information content (AvgIpc) is 2.68. The maximum atomic E-state index is 12.8. The van der Waals surface area contributed by atoms with Gasteiger partial charge in [-0.2, -0.15) is 0 Å². The molecule has 3 rings (SSSR count). The van der Waals surface area contributed by atoms with Gasteiger partial charge in [0.2, 0.25) is 5.91 Å². The van der Waals surface area contributed by atoms with E-state index in [-0.39, 0.29) is 10.6 Å². The molecule has 7 nitrogen and oxygen atoms in total. The molecule has 1 aliphatic rings. The normalized spacial score (nSPS) is 19.8. The summed E-state index contributed by atoms with van der Waals surface area (Å²) in [5.41, 5.74) is 2.72. The maximum Gasteiger partial charge on any atom is 0.246 e. The van der Waals surface area contributed by atoms with Crippen LogP contribution in [0.1, 0.15) is 12.0 Å². The van der Waals surface area contributed by atoms with Crippen molar-refractivity contribution in [2.24, 2.45) is 11.8 Å². The maximum absolute atomic E-state index is 12.8. The van der Waals surface area contributed by atoms with Gasteiger partial charge in [0.05, 0.1) is 10.6 Å². The van der Waals surface area contributed by atoms with Crippen LogP contribution in [0.15, 0.2) is 53.4 Å². The molecule has 0 spiro atoms. The summed E-state index contributed by atoms with van der Waals surface area (Å²) in [7, 11) is -3.59. The molecule has 1 aliphatic heterocycles. The van der Waals surface area contributed by atoms with E-state index in [2.05, 4.69) is 5.32 Å². The molecule has 0 bridgehead atoms. The second-order valence-electron chi connectivity index (χ2n) is 7.01. The third-order valence-corrected chi connectivity index (χ3v) is 6.75. The van der Waals surface area contributed by atoms with Gasteiger partial charge in [0, 0.05) is 5.92 Å². The molecular weight excluding hydrogens is 380 g/mol. The number of hydroxylamine groups is 1. The molecule has 0 saturated carbocycles.